The second-order valence-electron chi connectivity index (χ2n) is 5.34. The third-order valence-electron chi connectivity index (χ3n) is 3.88. The molecular weight excluding hydrogens is 336 g/mol. The van der Waals surface area contributed by atoms with Gasteiger partial charge in [-0.2, -0.15) is 0 Å². The molecule has 0 bridgehead atoms. The molecule has 1 atom stereocenters. The molecule has 6 heteroatoms. The number of carbonyl (C=O) groups is 2. The van der Waals surface area contributed by atoms with Crippen LogP contribution in [-0.4, -0.2) is 43.4 Å². The molecule has 5 nitrogen and oxygen atoms in total. The van der Waals surface area contributed by atoms with E-state index in [9.17, 15) is 9.59 Å². The van der Waals surface area contributed by atoms with Crippen LogP contribution in [0.2, 0.25) is 0 Å². The first kappa shape index (κ1) is 14.5. The van der Waals surface area contributed by atoms with Crippen LogP contribution >= 0.6 is 15.9 Å². The van der Waals surface area contributed by atoms with Gasteiger partial charge in [-0.05, 0) is 30.2 Å². The van der Waals surface area contributed by atoms with Crippen LogP contribution in [0.4, 0.5) is 11.4 Å². The van der Waals surface area contributed by atoms with Crippen molar-refractivity contribution in [1.82, 2.24) is 0 Å². The molecule has 0 spiro atoms. The number of benzene rings is 1. The molecular formula is C15H17BrN2O3. The molecule has 0 N–H and O–H groups in total. The van der Waals surface area contributed by atoms with Crippen LogP contribution in [0.3, 0.4) is 0 Å². The molecule has 1 aromatic carbocycles. The predicted octanol–water partition coefficient (Wildman–Crippen LogP) is 1.80. The summed E-state index contributed by atoms with van der Waals surface area (Å²) >= 11 is 3.44. The average Bonchev–Trinajstić information content (AvgIpc) is 2.89. The molecule has 1 unspecified atom stereocenters. The Kier molecular flexibility index (Phi) is 4.26. The number of nitrogens with zero attached hydrogens (tertiary/aromatic N) is 2. The van der Waals surface area contributed by atoms with Crippen LogP contribution in [0.1, 0.15) is 6.42 Å². The zero-order valence-corrected chi connectivity index (χ0v) is 13.2. The van der Waals surface area contributed by atoms with Crippen molar-refractivity contribution in [2.45, 2.75) is 6.42 Å². The molecule has 2 aliphatic heterocycles. The van der Waals surface area contributed by atoms with Crippen molar-refractivity contribution in [3.05, 3.63) is 24.3 Å². The number of halogens is 1. The summed E-state index contributed by atoms with van der Waals surface area (Å²) in [6.07, 6.45) is 0.592. The summed E-state index contributed by atoms with van der Waals surface area (Å²) in [4.78, 5) is 27.3. The first-order valence-corrected chi connectivity index (χ1v) is 8.15. The molecule has 2 aliphatic rings. The predicted molar refractivity (Wildman–Crippen MR) is 83.9 cm³/mol. The minimum atomic E-state index is -0.0226. The average molecular weight is 353 g/mol. The van der Waals surface area contributed by atoms with Crippen molar-refractivity contribution in [2.24, 2.45) is 5.92 Å². The first-order chi connectivity index (χ1) is 10.2. The molecule has 2 saturated heterocycles. The van der Waals surface area contributed by atoms with Gasteiger partial charge in [-0.1, -0.05) is 15.9 Å². The van der Waals surface area contributed by atoms with E-state index in [0.29, 0.717) is 25.5 Å². The zero-order chi connectivity index (χ0) is 14.8. The highest BCUT2D eigenvalue weighted by atomic mass is 79.9. The van der Waals surface area contributed by atoms with Gasteiger partial charge in [-0.15, -0.1) is 0 Å². The summed E-state index contributed by atoms with van der Waals surface area (Å²) in [5.74, 6) is 0.512. The molecule has 1 aromatic rings. The van der Waals surface area contributed by atoms with E-state index < -0.39 is 0 Å². The molecule has 2 amide bonds. The zero-order valence-electron chi connectivity index (χ0n) is 11.6. The topological polar surface area (TPSA) is 49.9 Å². The number of amides is 2. The lowest BCUT2D eigenvalue weighted by atomic mass is 10.2. The minimum Gasteiger partial charge on any atom is -0.370 e. The van der Waals surface area contributed by atoms with E-state index in [4.69, 9.17) is 4.74 Å². The summed E-state index contributed by atoms with van der Waals surface area (Å²) < 4.78 is 5.13. The second-order valence-corrected chi connectivity index (χ2v) is 5.99. The molecule has 2 heterocycles. The third-order valence-corrected chi connectivity index (χ3v) is 4.80. The maximum absolute atomic E-state index is 12.0. The number of hydrogen-bond donors (Lipinski definition) is 0. The first-order valence-electron chi connectivity index (χ1n) is 7.03. The monoisotopic (exact) mass is 352 g/mol. The molecule has 0 saturated carbocycles. The molecule has 0 aromatic heterocycles. The van der Waals surface area contributed by atoms with Crippen LogP contribution in [0, 0.1) is 5.92 Å². The summed E-state index contributed by atoms with van der Waals surface area (Å²) in [5.41, 5.74) is 1.75. The van der Waals surface area contributed by atoms with Gasteiger partial charge < -0.3 is 14.5 Å². The summed E-state index contributed by atoms with van der Waals surface area (Å²) in [6, 6.07) is 7.61. The Morgan fingerprint density at radius 2 is 1.76 bits per heavy atom. The van der Waals surface area contributed by atoms with E-state index in [1.165, 1.54) is 0 Å². The van der Waals surface area contributed by atoms with Gasteiger partial charge in [0, 0.05) is 36.2 Å². The normalized spacial score (nSPS) is 23.0. The van der Waals surface area contributed by atoms with Crippen molar-refractivity contribution in [2.75, 3.05) is 41.4 Å². The highest BCUT2D eigenvalue weighted by Gasteiger charge is 2.30. The van der Waals surface area contributed by atoms with Gasteiger partial charge in [0.2, 0.25) is 5.91 Å². The molecule has 0 radical (unpaired) electrons. The van der Waals surface area contributed by atoms with Gasteiger partial charge >= 0.3 is 0 Å². The maximum Gasteiger partial charge on any atom is 0.253 e. The van der Waals surface area contributed by atoms with Gasteiger partial charge in [0.05, 0.1) is 6.61 Å². The van der Waals surface area contributed by atoms with E-state index >= 15 is 0 Å². The van der Waals surface area contributed by atoms with Crippen LogP contribution in [0.15, 0.2) is 24.3 Å². The molecule has 0 aliphatic carbocycles. The standard InChI is InChI=1S/C15H17BrN2O3/c16-8-11-7-14(19)18(9-11)13-3-1-12(2-4-13)17-5-6-21-10-15(17)20/h1-4,11H,5-10H2. The Balaban J connectivity index is 1.75. The Morgan fingerprint density at radius 3 is 2.33 bits per heavy atom. The summed E-state index contributed by atoms with van der Waals surface area (Å²) in [5, 5.41) is 0.843. The van der Waals surface area contributed by atoms with Crippen molar-refractivity contribution in [3.63, 3.8) is 0 Å². The SMILES string of the molecule is O=C1COCCN1c1ccc(N2CC(CBr)CC2=O)cc1. The Labute approximate surface area is 132 Å². The van der Waals surface area contributed by atoms with Crippen LogP contribution in [-0.2, 0) is 14.3 Å². The number of hydrogen-bond acceptors (Lipinski definition) is 3. The fourth-order valence-electron chi connectivity index (χ4n) is 2.74. The number of carbonyl (C=O) groups excluding carboxylic acids is 2. The third kappa shape index (κ3) is 2.96. The second kappa shape index (κ2) is 6.15. The quantitative estimate of drug-likeness (QED) is 0.779. The maximum atomic E-state index is 12.0. The Morgan fingerprint density at radius 1 is 1.10 bits per heavy atom. The van der Waals surface area contributed by atoms with Crippen LogP contribution in [0.25, 0.3) is 0 Å². The smallest absolute Gasteiger partial charge is 0.253 e. The lowest BCUT2D eigenvalue weighted by Crippen LogP contribution is -2.41. The number of morpholine rings is 1. The number of alkyl halides is 1. The van der Waals surface area contributed by atoms with Gasteiger partial charge in [0.15, 0.2) is 0 Å². The van der Waals surface area contributed by atoms with E-state index in [2.05, 4.69) is 15.9 Å². The molecule has 112 valence electrons. The van der Waals surface area contributed by atoms with E-state index in [0.717, 1.165) is 23.2 Å². The van der Waals surface area contributed by atoms with Crippen molar-refractivity contribution in [3.8, 4) is 0 Å². The molecule has 3 rings (SSSR count). The lowest BCUT2D eigenvalue weighted by Gasteiger charge is -2.27. The van der Waals surface area contributed by atoms with Crippen molar-refractivity contribution < 1.29 is 14.3 Å². The summed E-state index contributed by atoms with van der Waals surface area (Å²) in [6.45, 7) is 2.02. The Hall–Kier alpha value is -1.40. The van der Waals surface area contributed by atoms with E-state index in [1.807, 2.05) is 29.2 Å². The summed E-state index contributed by atoms with van der Waals surface area (Å²) in [7, 11) is 0. The lowest BCUT2D eigenvalue weighted by molar-refractivity contribution is -0.125. The van der Waals surface area contributed by atoms with E-state index in [1.54, 1.807) is 4.90 Å². The van der Waals surface area contributed by atoms with Crippen LogP contribution in [0.5, 0.6) is 0 Å². The molecule has 2 fully saturated rings. The highest BCUT2D eigenvalue weighted by Crippen LogP contribution is 2.28. The van der Waals surface area contributed by atoms with Crippen molar-refractivity contribution in [1.29, 1.82) is 0 Å². The molecule has 21 heavy (non-hydrogen) atoms. The van der Waals surface area contributed by atoms with Crippen LogP contribution < -0.4 is 9.80 Å². The fraction of sp³-hybridized carbons (Fsp3) is 0.467. The Bertz CT molecular complexity index is 546. The number of anilines is 2. The van der Waals surface area contributed by atoms with Gasteiger partial charge in [-0.25, -0.2) is 0 Å². The fourth-order valence-corrected chi connectivity index (χ4v) is 3.17. The highest BCUT2D eigenvalue weighted by molar-refractivity contribution is 9.09. The minimum absolute atomic E-state index is 0.0226. The van der Waals surface area contributed by atoms with Gasteiger partial charge in [0.1, 0.15) is 6.61 Å². The van der Waals surface area contributed by atoms with Gasteiger partial charge in [-0.3, -0.25) is 9.59 Å². The van der Waals surface area contributed by atoms with Crippen molar-refractivity contribution >= 4 is 39.1 Å². The van der Waals surface area contributed by atoms with Gasteiger partial charge in [0.25, 0.3) is 5.91 Å². The number of ether oxygens (including phenoxy) is 1. The van der Waals surface area contributed by atoms with E-state index in [-0.39, 0.29) is 18.4 Å². The largest absolute Gasteiger partial charge is 0.370 e. The number of rotatable bonds is 3.